The first-order valence-corrected chi connectivity index (χ1v) is 4.73. The van der Waals surface area contributed by atoms with Gasteiger partial charge in [0.2, 0.25) is 5.91 Å². The van der Waals surface area contributed by atoms with Crippen molar-refractivity contribution in [2.45, 2.75) is 25.8 Å². The number of amides is 1. The van der Waals surface area contributed by atoms with Crippen molar-refractivity contribution < 1.29 is 4.79 Å². The lowest BCUT2D eigenvalue weighted by molar-refractivity contribution is -0.131. The zero-order valence-corrected chi connectivity index (χ0v) is 7.49. The molecule has 0 radical (unpaired) electrons. The van der Waals surface area contributed by atoms with Crippen LogP contribution in [0.2, 0.25) is 0 Å². The second-order valence-electron chi connectivity index (χ2n) is 4.18. The summed E-state index contributed by atoms with van der Waals surface area (Å²) >= 11 is 0. The summed E-state index contributed by atoms with van der Waals surface area (Å²) in [6.07, 6.45) is 2.07. The number of hydrogen-bond acceptors (Lipinski definition) is 2. The monoisotopic (exact) mass is 168 g/mol. The zero-order chi connectivity index (χ0) is 8.72. The van der Waals surface area contributed by atoms with Crippen LogP contribution in [-0.4, -0.2) is 29.9 Å². The molecule has 68 valence electrons. The number of nitrogens with two attached hydrogens (primary N) is 1. The first-order chi connectivity index (χ1) is 5.68. The van der Waals surface area contributed by atoms with Crippen molar-refractivity contribution in [1.82, 2.24) is 4.90 Å². The summed E-state index contributed by atoms with van der Waals surface area (Å²) in [5.74, 6) is 1.14. The predicted octanol–water partition coefficient (Wildman–Crippen LogP) is 0.202. The van der Waals surface area contributed by atoms with Crippen molar-refractivity contribution in [3.63, 3.8) is 0 Å². The second-order valence-corrected chi connectivity index (χ2v) is 4.18. The topological polar surface area (TPSA) is 46.3 Å². The summed E-state index contributed by atoms with van der Waals surface area (Å²) in [6, 6.07) is 0.161. The first-order valence-electron chi connectivity index (χ1n) is 4.73. The smallest absolute Gasteiger partial charge is 0.227 e. The quantitative estimate of drug-likeness (QED) is 0.608. The van der Waals surface area contributed by atoms with Gasteiger partial charge >= 0.3 is 0 Å². The van der Waals surface area contributed by atoms with Crippen LogP contribution in [0.4, 0.5) is 0 Å². The Morgan fingerprint density at radius 2 is 2.25 bits per heavy atom. The van der Waals surface area contributed by atoms with Gasteiger partial charge in [-0.1, -0.05) is 6.92 Å². The standard InChI is InChI=1S/C9H16N2O/c1-6-2-3-11(5-6)9(12)7-4-8(7)10/h6-8H,2-5,10H2,1H3. The molecule has 1 amide bonds. The Morgan fingerprint density at radius 3 is 2.67 bits per heavy atom. The van der Waals surface area contributed by atoms with Gasteiger partial charge in [-0.2, -0.15) is 0 Å². The molecule has 3 unspecified atom stereocenters. The Balaban J connectivity index is 1.89. The van der Waals surface area contributed by atoms with Gasteiger partial charge in [-0.05, 0) is 18.8 Å². The molecule has 1 saturated heterocycles. The summed E-state index contributed by atoms with van der Waals surface area (Å²) in [6.45, 7) is 4.09. The lowest BCUT2D eigenvalue weighted by atomic mass is 10.2. The second kappa shape index (κ2) is 2.73. The number of hydrogen-bond donors (Lipinski definition) is 1. The van der Waals surface area contributed by atoms with E-state index in [1.807, 2.05) is 4.90 Å². The molecule has 2 fully saturated rings. The van der Waals surface area contributed by atoms with E-state index >= 15 is 0 Å². The van der Waals surface area contributed by atoms with Crippen molar-refractivity contribution in [1.29, 1.82) is 0 Å². The first kappa shape index (κ1) is 8.05. The summed E-state index contributed by atoms with van der Waals surface area (Å²) in [5, 5.41) is 0. The molecule has 2 aliphatic rings. The van der Waals surface area contributed by atoms with Gasteiger partial charge in [0.1, 0.15) is 0 Å². The van der Waals surface area contributed by atoms with E-state index in [0.717, 1.165) is 25.9 Å². The van der Waals surface area contributed by atoms with Crippen LogP contribution in [-0.2, 0) is 4.79 Å². The molecule has 2 rings (SSSR count). The van der Waals surface area contributed by atoms with Gasteiger partial charge in [-0.15, -0.1) is 0 Å². The molecule has 0 aromatic rings. The van der Waals surface area contributed by atoms with Crippen LogP contribution in [0.5, 0.6) is 0 Å². The molecule has 0 aromatic heterocycles. The molecule has 3 atom stereocenters. The molecular weight excluding hydrogens is 152 g/mol. The van der Waals surface area contributed by atoms with E-state index in [1.54, 1.807) is 0 Å². The van der Waals surface area contributed by atoms with E-state index in [-0.39, 0.29) is 12.0 Å². The molecule has 3 heteroatoms. The normalized spacial score (nSPS) is 40.2. The van der Waals surface area contributed by atoms with Crippen LogP contribution in [0.3, 0.4) is 0 Å². The van der Waals surface area contributed by atoms with Crippen LogP contribution >= 0.6 is 0 Å². The van der Waals surface area contributed by atoms with Gasteiger partial charge in [0.25, 0.3) is 0 Å². The highest BCUT2D eigenvalue weighted by atomic mass is 16.2. The van der Waals surface area contributed by atoms with Crippen LogP contribution in [0.25, 0.3) is 0 Å². The van der Waals surface area contributed by atoms with Crippen molar-refractivity contribution in [3.05, 3.63) is 0 Å². The summed E-state index contributed by atoms with van der Waals surface area (Å²) in [7, 11) is 0. The molecule has 1 aliphatic heterocycles. The average molecular weight is 168 g/mol. The number of likely N-dealkylation sites (tertiary alicyclic amines) is 1. The Morgan fingerprint density at radius 1 is 1.58 bits per heavy atom. The van der Waals surface area contributed by atoms with E-state index in [2.05, 4.69) is 6.92 Å². The molecule has 1 aliphatic carbocycles. The number of rotatable bonds is 1. The minimum absolute atomic E-state index is 0.161. The fraction of sp³-hybridized carbons (Fsp3) is 0.889. The largest absolute Gasteiger partial charge is 0.342 e. The third-order valence-corrected chi connectivity index (χ3v) is 2.89. The van der Waals surface area contributed by atoms with Gasteiger partial charge in [0.15, 0.2) is 0 Å². The molecule has 0 bridgehead atoms. The van der Waals surface area contributed by atoms with Crippen LogP contribution < -0.4 is 5.73 Å². The van der Waals surface area contributed by atoms with Gasteiger partial charge in [-0.25, -0.2) is 0 Å². The van der Waals surface area contributed by atoms with Crippen molar-refractivity contribution in [3.8, 4) is 0 Å². The lowest BCUT2D eigenvalue weighted by Gasteiger charge is -2.15. The maximum absolute atomic E-state index is 11.6. The molecule has 0 spiro atoms. The fourth-order valence-corrected chi connectivity index (χ4v) is 1.87. The van der Waals surface area contributed by atoms with Gasteiger partial charge in [0, 0.05) is 19.1 Å². The number of nitrogens with zero attached hydrogens (tertiary/aromatic N) is 1. The van der Waals surface area contributed by atoms with Crippen molar-refractivity contribution in [2.24, 2.45) is 17.6 Å². The zero-order valence-electron chi connectivity index (χ0n) is 7.49. The third-order valence-electron chi connectivity index (χ3n) is 2.89. The van der Waals surface area contributed by atoms with E-state index in [9.17, 15) is 4.79 Å². The van der Waals surface area contributed by atoms with Crippen molar-refractivity contribution >= 4 is 5.91 Å². The van der Waals surface area contributed by atoms with E-state index < -0.39 is 0 Å². The molecule has 2 N–H and O–H groups in total. The average Bonchev–Trinajstić information content (AvgIpc) is 2.58. The number of carbonyl (C=O) groups excluding carboxylic acids is 1. The lowest BCUT2D eigenvalue weighted by Crippen LogP contribution is -2.31. The minimum atomic E-state index is 0.161. The SMILES string of the molecule is CC1CCN(C(=O)C2CC2N)C1. The molecule has 0 aromatic carbocycles. The van der Waals surface area contributed by atoms with E-state index in [1.165, 1.54) is 0 Å². The highest BCUT2D eigenvalue weighted by molar-refractivity contribution is 5.82. The van der Waals surface area contributed by atoms with E-state index in [4.69, 9.17) is 5.73 Å². The van der Waals surface area contributed by atoms with Gasteiger partial charge in [-0.3, -0.25) is 4.79 Å². The Kier molecular flexibility index (Phi) is 1.83. The van der Waals surface area contributed by atoms with E-state index in [0.29, 0.717) is 11.8 Å². The Labute approximate surface area is 72.9 Å². The maximum Gasteiger partial charge on any atom is 0.227 e. The van der Waals surface area contributed by atoms with Gasteiger partial charge in [0.05, 0.1) is 5.92 Å². The maximum atomic E-state index is 11.6. The summed E-state index contributed by atoms with van der Waals surface area (Å²) in [4.78, 5) is 13.6. The minimum Gasteiger partial charge on any atom is -0.342 e. The molecule has 1 saturated carbocycles. The van der Waals surface area contributed by atoms with Crippen LogP contribution in [0.15, 0.2) is 0 Å². The Hall–Kier alpha value is -0.570. The highest BCUT2D eigenvalue weighted by Crippen LogP contribution is 2.31. The predicted molar refractivity (Wildman–Crippen MR) is 46.4 cm³/mol. The van der Waals surface area contributed by atoms with Gasteiger partial charge < -0.3 is 10.6 Å². The van der Waals surface area contributed by atoms with Crippen molar-refractivity contribution in [2.75, 3.05) is 13.1 Å². The fourth-order valence-electron chi connectivity index (χ4n) is 1.87. The molecule has 1 heterocycles. The summed E-state index contributed by atoms with van der Waals surface area (Å²) in [5.41, 5.74) is 5.62. The highest BCUT2D eigenvalue weighted by Gasteiger charge is 2.43. The van der Waals surface area contributed by atoms with Crippen LogP contribution in [0.1, 0.15) is 19.8 Å². The van der Waals surface area contributed by atoms with Crippen LogP contribution in [0, 0.1) is 11.8 Å². The Bertz CT molecular complexity index is 205. The molecule has 3 nitrogen and oxygen atoms in total. The third kappa shape index (κ3) is 1.33. The molecular formula is C9H16N2O. The number of carbonyl (C=O) groups is 1. The summed E-state index contributed by atoms with van der Waals surface area (Å²) < 4.78 is 0. The molecule has 12 heavy (non-hydrogen) atoms.